The fraction of sp³-hybridized carbons (Fsp3) is 0.387. The molecule has 10 heteroatoms. The Morgan fingerprint density at radius 3 is 2.68 bits per heavy atom. The molecule has 0 aliphatic carbocycles. The quantitative estimate of drug-likeness (QED) is 0.467. The Kier molecular flexibility index (Phi) is 6.42. The standard InChI is InChI=1S/C31H31N5O5/c37-28-10-8-26(30(39)33-28)36-17-21-15-22(5-6-24(21)31(36)40)41-23-11-13-34(18-23)16-19-3-7-25-20(14-19)4-9-27(32-25)35-12-1-2-29(35)38/h3-7,9,14-15,23,26H,1-2,8,10-13,16-18H2,(H,33,37,39)/t23-,26?/m0/s1. The number of nitrogens with zero attached hydrogens (tertiary/aromatic N) is 4. The molecule has 4 amide bonds. The van der Waals surface area contributed by atoms with Crippen LogP contribution in [0.15, 0.2) is 48.5 Å². The fourth-order valence-corrected chi connectivity index (χ4v) is 6.42. The third-order valence-corrected chi connectivity index (χ3v) is 8.52. The highest BCUT2D eigenvalue weighted by Crippen LogP contribution is 2.31. The zero-order chi connectivity index (χ0) is 28.1. The molecule has 210 valence electrons. The number of nitrogens with one attached hydrogen (secondary N) is 1. The van der Waals surface area contributed by atoms with Crippen molar-refractivity contribution < 1.29 is 23.9 Å². The second kappa shape index (κ2) is 10.3. The topological polar surface area (TPSA) is 112 Å². The Hall–Kier alpha value is -4.31. The van der Waals surface area contributed by atoms with Crippen LogP contribution in [0.3, 0.4) is 0 Å². The van der Waals surface area contributed by atoms with Crippen LogP contribution in [-0.2, 0) is 27.5 Å². The summed E-state index contributed by atoms with van der Waals surface area (Å²) in [5.74, 6) is 0.709. The van der Waals surface area contributed by atoms with E-state index in [9.17, 15) is 19.2 Å². The van der Waals surface area contributed by atoms with Crippen LogP contribution >= 0.6 is 0 Å². The van der Waals surface area contributed by atoms with Crippen LogP contribution in [0.4, 0.5) is 5.82 Å². The summed E-state index contributed by atoms with van der Waals surface area (Å²) < 4.78 is 6.32. The first-order chi connectivity index (χ1) is 19.9. The lowest BCUT2D eigenvalue weighted by Gasteiger charge is -2.29. The van der Waals surface area contributed by atoms with Gasteiger partial charge in [0.25, 0.3) is 5.91 Å². The van der Waals surface area contributed by atoms with E-state index in [4.69, 9.17) is 9.72 Å². The second-order valence-electron chi connectivity index (χ2n) is 11.3. The molecule has 3 fully saturated rings. The van der Waals surface area contributed by atoms with Gasteiger partial charge in [0.15, 0.2) is 0 Å². The molecule has 0 bridgehead atoms. The number of rotatable bonds is 6. The SMILES string of the molecule is O=C1CCC(N2Cc3cc(O[C@H]4CCN(Cc5ccc6nc(N7CCCC7=O)ccc6c5)C4)ccc3C2=O)C(=O)N1. The minimum atomic E-state index is -0.623. The molecule has 1 unspecified atom stereocenters. The molecular weight excluding hydrogens is 522 g/mol. The zero-order valence-corrected chi connectivity index (χ0v) is 22.7. The number of carbonyl (C=O) groups is 4. The first-order valence-electron chi connectivity index (χ1n) is 14.3. The molecule has 3 saturated heterocycles. The van der Waals surface area contributed by atoms with Crippen LogP contribution in [0.2, 0.25) is 0 Å². The van der Waals surface area contributed by atoms with Crippen LogP contribution in [0.25, 0.3) is 10.9 Å². The van der Waals surface area contributed by atoms with Crippen LogP contribution < -0.4 is 15.0 Å². The van der Waals surface area contributed by atoms with E-state index >= 15 is 0 Å². The van der Waals surface area contributed by atoms with Gasteiger partial charge in [0.05, 0.1) is 5.52 Å². The van der Waals surface area contributed by atoms with E-state index in [-0.39, 0.29) is 30.2 Å². The van der Waals surface area contributed by atoms with E-state index in [1.165, 1.54) is 5.56 Å². The average Bonchev–Trinajstić information content (AvgIpc) is 3.67. The van der Waals surface area contributed by atoms with Gasteiger partial charge in [0.1, 0.15) is 23.7 Å². The van der Waals surface area contributed by atoms with Gasteiger partial charge in [0, 0.05) is 56.5 Å². The lowest BCUT2D eigenvalue weighted by Crippen LogP contribution is -2.52. The van der Waals surface area contributed by atoms with Crippen molar-refractivity contribution in [1.29, 1.82) is 0 Å². The number of hydrogen-bond donors (Lipinski definition) is 1. The summed E-state index contributed by atoms with van der Waals surface area (Å²) in [6, 6.07) is 15.2. The highest BCUT2D eigenvalue weighted by molar-refractivity contribution is 6.05. The van der Waals surface area contributed by atoms with Gasteiger partial charge in [0.2, 0.25) is 17.7 Å². The van der Waals surface area contributed by atoms with Crippen molar-refractivity contribution in [1.82, 2.24) is 20.1 Å². The summed E-state index contributed by atoms with van der Waals surface area (Å²) in [6.07, 6.45) is 3.00. The molecular formula is C31H31N5O5. The molecule has 2 atom stereocenters. The molecule has 10 nitrogen and oxygen atoms in total. The van der Waals surface area contributed by atoms with Gasteiger partial charge in [-0.05, 0) is 72.9 Å². The third-order valence-electron chi connectivity index (χ3n) is 8.52. The summed E-state index contributed by atoms with van der Waals surface area (Å²) in [7, 11) is 0. The Morgan fingerprint density at radius 1 is 0.951 bits per heavy atom. The highest BCUT2D eigenvalue weighted by Gasteiger charge is 2.39. The first-order valence-corrected chi connectivity index (χ1v) is 14.3. The number of carbonyl (C=O) groups excluding carboxylic acids is 4. The number of pyridine rings is 1. The number of imide groups is 1. The molecule has 0 radical (unpaired) electrons. The third kappa shape index (κ3) is 4.93. The van der Waals surface area contributed by atoms with Crippen LogP contribution in [0.1, 0.15) is 53.6 Å². The number of ether oxygens (including phenoxy) is 1. The molecule has 41 heavy (non-hydrogen) atoms. The first kappa shape index (κ1) is 25.6. The number of anilines is 1. The normalized spacial score (nSPS) is 23.0. The number of fused-ring (bicyclic) bond motifs is 2. The Balaban J connectivity index is 0.967. The molecule has 3 aromatic rings. The summed E-state index contributed by atoms with van der Waals surface area (Å²) in [5, 5.41) is 3.40. The van der Waals surface area contributed by atoms with Crippen molar-refractivity contribution in [2.75, 3.05) is 24.5 Å². The van der Waals surface area contributed by atoms with Gasteiger partial charge in [-0.25, -0.2) is 4.98 Å². The molecule has 1 aromatic heterocycles. The van der Waals surface area contributed by atoms with Crippen molar-refractivity contribution in [3.8, 4) is 5.75 Å². The predicted octanol–water partition coefficient (Wildman–Crippen LogP) is 2.78. The maximum absolute atomic E-state index is 13.0. The van der Waals surface area contributed by atoms with E-state index in [0.717, 1.165) is 67.1 Å². The molecule has 7 rings (SSSR count). The van der Waals surface area contributed by atoms with Crippen molar-refractivity contribution >= 4 is 40.3 Å². The summed E-state index contributed by atoms with van der Waals surface area (Å²) in [5.41, 5.74) is 3.52. The highest BCUT2D eigenvalue weighted by atomic mass is 16.5. The van der Waals surface area contributed by atoms with Gasteiger partial charge >= 0.3 is 0 Å². The number of likely N-dealkylation sites (tertiary alicyclic amines) is 1. The van der Waals surface area contributed by atoms with Crippen LogP contribution in [0.5, 0.6) is 5.75 Å². The number of amides is 4. The Bertz CT molecular complexity index is 1590. The van der Waals surface area contributed by atoms with E-state index in [1.54, 1.807) is 15.9 Å². The maximum atomic E-state index is 13.0. The molecule has 5 heterocycles. The summed E-state index contributed by atoms with van der Waals surface area (Å²) >= 11 is 0. The maximum Gasteiger partial charge on any atom is 0.255 e. The van der Waals surface area contributed by atoms with Crippen molar-refractivity contribution in [3.05, 3.63) is 65.2 Å². The predicted molar refractivity (Wildman–Crippen MR) is 150 cm³/mol. The lowest BCUT2D eigenvalue weighted by atomic mass is 10.0. The largest absolute Gasteiger partial charge is 0.489 e. The second-order valence-corrected chi connectivity index (χ2v) is 11.3. The Labute approximate surface area is 237 Å². The minimum Gasteiger partial charge on any atom is -0.489 e. The van der Waals surface area contributed by atoms with Crippen molar-refractivity contribution in [2.24, 2.45) is 0 Å². The molecule has 4 aliphatic rings. The minimum absolute atomic E-state index is 0.0408. The molecule has 4 aliphatic heterocycles. The van der Waals surface area contributed by atoms with Crippen LogP contribution in [-0.4, -0.2) is 70.2 Å². The monoisotopic (exact) mass is 553 g/mol. The zero-order valence-electron chi connectivity index (χ0n) is 22.7. The fourth-order valence-electron chi connectivity index (χ4n) is 6.42. The number of benzene rings is 2. The smallest absolute Gasteiger partial charge is 0.255 e. The van der Waals surface area contributed by atoms with Gasteiger partial charge in [-0.2, -0.15) is 0 Å². The number of piperidine rings is 1. The summed E-state index contributed by atoms with van der Waals surface area (Å²) in [6.45, 7) is 3.59. The van der Waals surface area contributed by atoms with E-state index in [2.05, 4.69) is 22.3 Å². The lowest BCUT2D eigenvalue weighted by molar-refractivity contribution is -0.137. The van der Waals surface area contributed by atoms with Crippen molar-refractivity contribution in [2.45, 2.75) is 57.3 Å². The molecule has 0 spiro atoms. The van der Waals surface area contributed by atoms with Gasteiger partial charge in [-0.1, -0.05) is 6.07 Å². The van der Waals surface area contributed by atoms with E-state index in [0.29, 0.717) is 24.9 Å². The molecule has 1 N–H and O–H groups in total. The van der Waals surface area contributed by atoms with Crippen molar-refractivity contribution in [3.63, 3.8) is 0 Å². The number of hydrogen-bond acceptors (Lipinski definition) is 7. The number of aromatic nitrogens is 1. The molecule has 0 saturated carbocycles. The van der Waals surface area contributed by atoms with Gasteiger partial charge < -0.3 is 9.64 Å². The molecule has 2 aromatic carbocycles. The summed E-state index contributed by atoms with van der Waals surface area (Å²) in [4.78, 5) is 59.3. The van der Waals surface area contributed by atoms with Crippen LogP contribution in [0, 0.1) is 0 Å². The Morgan fingerprint density at radius 2 is 1.85 bits per heavy atom. The van der Waals surface area contributed by atoms with E-state index < -0.39 is 11.9 Å². The van der Waals surface area contributed by atoms with E-state index in [1.807, 2.05) is 30.3 Å². The average molecular weight is 554 g/mol. The van der Waals surface area contributed by atoms with Gasteiger partial charge in [-0.15, -0.1) is 0 Å². The van der Waals surface area contributed by atoms with Gasteiger partial charge in [-0.3, -0.25) is 34.3 Å².